The Bertz CT molecular complexity index is 670. The minimum atomic E-state index is -0.717. The van der Waals surface area contributed by atoms with Crippen molar-refractivity contribution in [3.63, 3.8) is 0 Å². The smallest absolute Gasteiger partial charge is 0.253 e. The summed E-state index contributed by atoms with van der Waals surface area (Å²) in [6.45, 7) is 2.93. The quantitative estimate of drug-likeness (QED) is 0.762. The molecule has 7 nitrogen and oxygen atoms in total. The Hall–Kier alpha value is -1.83. The van der Waals surface area contributed by atoms with Crippen molar-refractivity contribution in [1.82, 2.24) is 4.90 Å². The number of halogens is 1. The Morgan fingerprint density at radius 3 is 2.64 bits per heavy atom. The van der Waals surface area contributed by atoms with Gasteiger partial charge in [0.05, 0.1) is 11.3 Å². The third-order valence-electron chi connectivity index (χ3n) is 4.76. The van der Waals surface area contributed by atoms with Crippen molar-refractivity contribution in [3.05, 3.63) is 23.8 Å². The van der Waals surface area contributed by atoms with Crippen LogP contribution >= 0.6 is 12.4 Å². The summed E-state index contributed by atoms with van der Waals surface area (Å²) in [5, 5.41) is 10.0. The Morgan fingerprint density at radius 2 is 2.00 bits per heavy atom. The highest BCUT2D eigenvalue weighted by atomic mass is 35.5. The van der Waals surface area contributed by atoms with Crippen molar-refractivity contribution in [1.29, 1.82) is 0 Å². The number of aliphatic hydroxyl groups is 1. The highest BCUT2D eigenvalue weighted by Crippen LogP contribution is 2.32. The molecule has 2 heterocycles. The van der Waals surface area contributed by atoms with Gasteiger partial charge in [0.1, 0.15) is 18.4 Å². The maximum atomic E-state index is 12.7. The number of hydrogen-bond donors (Lipinski definition) is 2. The van der Waals surface area contributed by atoms with E-state index in [1.165, 1.54) is 4.90 Å². The average molecular weight is 370 g/mol. The number of ether oxygens (including phenoxy) is 1. The van der Waals surface area contributed by atoms with Crippen LogP contribution in [0.5, 0.6) is 5.75 Å². The molecule has 0 bridgehead atoms. The molecule has 1 saturated heterocycles. The number of anilines is 1. The van der Waals surface area contributed by atoms with Crippen LogP contribution in [0.3, 0.4) is 0 Å². The fourth-order valence-corrected chi connectivity index (χ4v) is 3.03. The van der Waals surface area contributed by atoms with E-state index in [0.29, 0.717) is 42.9 Å². The molecular formula is C17H24ClN3O4. The van der Waals surface area contributed by atoms with Gasteiger partial charge in [0.25, 0.3) is 5.91 Å². The molecule has 3 N–H and O–H groups in total. The number of nitrogens with zero attached hydrogens (tertiary/aromatic N) is 2. The number of likely N-dealkylation sites (tertiary alicyclic amines) is 1. The number of fused-ring (bicyclic) bond motifs is 1. The van der Waals surface area contributed by atoms with Crippen molar-refractivity contribution < 1.29 is 19.4 Å². The SMILES string of the molecule is CN1C(=O)[C@@H](N)COc2ccc(C(=O)N3CCC(C)(O)CC3)cc21.Cl. The lowest BCUT2D eigenvalue weighted by Gasteiger charge is -2.35. The summed E-state index contributed by atoms with van der Waals surface area (Å²) in [4.78, 5) is 28.0. The summed E-state index contributed by atoms with van der Waals surface area (Å²) in [6, 6.07) is 4.35. The molecule has 0 aliphatic carbocycles. The van der Waals surface area contributed by atoms with Gasteiger partial charge in [-0.1, -0.05) is 0 Å². The van der Waals surface area contributed by atoms with Gasteiger partial charge in [0.15, 0.2) is 0 Å². The molecule has 0 radical (unpaired) electrons. The summed E-state index contributed by atoms with van der Waals surface area (Å²) in [5.41, 5.74) is 6.10. The molecule has 25 heavy (non-hydrogen) atoms. The van der Waals surface area contributed by atoms with E-state index in [4.69, 9.17) is 10.5 Å². The van der Waals surface area contributed by atoms with Crippen molar-refractivity contribution in [2.45, 2.75) is 31.4 Å². The number of carbonyl (C=O) groups excluding carboxylic acids is 2. The van der Waals surface area contributed by atoms with E-state index < -0.39 is 11.6 Å². The number of nitrogens with two attached hydrogens (primary N) is 1. The largest absolute Gasteiger partial charge is 0.489 e. The highest BCUT2D eigenvalue weighted by Gasteiger charge is 2.31. The molecule has 1 fully saturated rings. The first-order valence-electron chi connectivity index (χ1n) is 8.10. The van der Waals surface area contributed by atoms with Gasteiger partial charge in [-0.2, -0.15) is 0 Å². The first kappa shape index (κ1) is 19.5. The summed E-state index contributed by atoms with van der Waals surface area (Å²) < 4.78 is 5.56. The van der Waals surface area contributed by atoms with Crippen LogP contribution < -0.4 is 15.4 Å². The van der Waals surface area contributed by atoms with Gasteiger partial charge < -0.3 is 25.4 Å². The molecular weight excluding hydrogens is 346 g/mol. The fraction of sp³-hybridized carbons (Fsp3) is 0.529. The first-order chi connectivity index (χ1) is 11.3. The zero-order valence-electron chi connectivity index (χ0n) is 14.4. The number of carbonyl (C=O) groups is 2. The van der Waals surface area contributed by atoms with E-state index >= 15 is 0 Å². The van der Waals surface area contributed by atoms with Crippen LogP contribution in [-0.4, -0.2) is 60.2 Å². The zero-order chi connectivity index (χ0) is 17.5. The average Bonchev–Trinajstić information content (AvgIpc) is 2.66. The second kappa shape index (κ2) is 7.19. The Kier molecular flexibility index (Phi) is 5.61. The molecule has 2 aliphatic rings. The van der Waals surface area contributed by atoms with Gasteiger partial charge in [-0.05, 0) is 38.0 Å². The standard InChI is InChI=1S/C17H23N3O4.ClH/c1-17(23)5-7-20(8-6-17)15(21)11-3-4-14-13(9-11)19(2)16(22)12(18)10-24-14;/h3-4,9,12,23H,5-8,10,18H2,1-2H3;1H/t12-;/m0./s1. The van der Waals surface area contributed by atoms with Gasteiger partial charge in [-0.15, -0.1) is 12.4 Å². The molecule has 0 unspecified atom stereocenters. The Labute approximate surface area is 153 Å². The summed E-state index contributed by atoms with van der Waals surface area (Å²) in [7, 11) is 1.63. The minimum absolute atomic E-state index is 0. The number of likely N-dealkylation sites (N-methyl/N-ethyl adjacent to an activating group) is 1. The highest BCUT2D eigenvalue weighted by molar-refractivity contribution is 6.01. The van der Waals surface area contributed by atoms with Crippen LogP contribution in [0, 0.1) is 0 Å². The van der Waals surface area contributed by atoms with Crippen LogP contribution in [-0.2, 0) is 4.79 Å². The molecule has 2 aliphatic heterocycles. The monoisotopic (exact) mass is 369 g/mol. The summed E-state index contributed by atoms with van der Waals surface area (Å²) in [6.07, 6.45) is 1.11. The normalized spacial score (nSPS) is 22.4. The van der Waals surface area contributed by atoms with Crippen LogP contribution in [0.15, 0.2) is 18.2 Å². The number of piperidine rings is 1. The number of benzene rings is 1. The van der Waals surface area contributed by atoms with Gasteiger partial charge in [0, 0.05) is 25.7 Å². The molecule has 1 aromatic carbocycles. The third-order valence-corrected chi connectivity index (χ3v) is 4.76. The lowest BCUT2D eigenvalue weighted by atomic mass is 9.93. The maximum absolute atomic E-state index is 12.7. The van der Waals surface area contributed by atoms with Crippen LogP contribution in [0.4, 0.5) is 5.69 Å². The molecule has 2 amide bonds. The number of amides is 2. The molecule has 0 aromatic heterocycles. The van der Waals surface area contributed by atoms with Crippen molar-refractivity contribution in [2.75, 3.05) is 31.6 Å². The molecule has 138 valence electrons. The van der Waals surface area contributed by atoms with E-state index in [0.717, 1.165) is 0 Å². The lowest BCUT2D eigenvalue weighted by Crippen LogP contribution is -2.45. The van der Waals surface area contributed by atoms with Gasteiger partial charge in [-0.3, -0.25) is 9.59 Å². The topological polar surface area (TPSA) is 96.1 Å². The molecule has 0 saturated carbocycles. The Balaban J connectivity index is 0.00000225. The van der Waals surface area contributed by atoms with E-state index in [-0.39, 0.29) is 30.8 Å². The summed E-state index contributed by atoms with van der Waals surface area (Å²) in [5.74, 6) is 0.187. The van der Waals surface area contributed by atoms with Crippen LogP contribution in [0.25, 0.3) is 0 Å². The van der Waals surface area contributed by atoms with E-state index in [1.54, 1.807) is 37.1 Å². The third kappa shape index (κ3) is 3.89. The van der Waals surface area contributed by atoms with Crippen LogP contribution in [0.1, 0.15) is 30.1 Å². The zero-order valence-corrected chi connectivity index (χ0v) is 15.2. The summed E-state index contributed by atoms with van der Waals surface area (Å²) >= 11 is 0. The van der Waals surface area contributed by atoms with Gasteiger partial charge in [0.2, 0.25) is 5.91 Å². The van der Waals surface area contributed by atoms with Gasteiger partial charge in [-0.25, -0.2) is 0 Å². The van der Waals surface area contributed by atoms with Crippen molar-refractivity contribution in [3.8, 4) is 5.75 Å². The van der Waals surface area contributed by atoms with Crippen LogP contribution in [0.2, 0.25) is 0 Å². The predicted octanol–water partition coefficient (Wildman–Crippen LogP) is 0.778. The molecule has 8 heteroatoms. The second-order valence-corrected chi connectivity index (χ2v) is 6.79. The van der Waals surface area contributed by atoms with Crippen molar-refractivity contribution >= 4 is 29.9 Å². The molecule has 1 aromatic rings. The maximum Gasteiger partial charge on any atom is 0.253 e. The number of hydrogen-bond acceptors (Lipinski definition) is 5. The first-order valence-corrected chi connectivity index (χ1v) is 8.10. The number of rotatable bonds is 1. The predicted molar refractivity (Wildman–Crippen MR) is 96.3 cm³/mol. The fourth-order valence-electron chi connectivity index (χ4n) is 3.03. The molecule has 3 rings (SSSR count). The lowest BCUT2D eigenvalue weighted by molar-refractivity contribution is -0.119. The molecule has 1 atom stereocenters. The van der Waals surface area contributed by atoms with E-state index in [9.17, 15) is 14.7 Å². The second-order valence-electron chi connectivity index (χ2n) is 6.79. The van der Waals surface area contributed by atoms with Gasteiger partial charge >= 0.3 is 0 Å². The molecule has 0 spiro atoms. The van der Waals surface area contributed by atoms with Crippen molar-refractivity contribution in [2.24, 2.45) is 5.73 Å². The van der Waals surface area contributed by atoms with E-state index in [1.807, 2.05) is 0 Å². The Morgan fingerprint density at radius 1 is 1.36 bits per heavy atom. The van der Waals surface area contributed by atoms with E-state index in [2.05, 4.69) is 0 Å². The minimum Gasteiger partial charge on any atom is -0.489 e.